The normalized spacial score (nSPS) is 25.1. The maximum Gasteiger partial charge on any atom is 0.415 e. The molecule has 288 valence electrons. The van der Waals surface area contributed by atoms with Gasteiger partial charge in [0.2, 0.25) is 17.7 Å². The first-order valence-electron chi connectivity index (χ1n) is 18.0. The van der Waals surface area contributed by atoms with Gasteiger partial charge in [-0.3, -0.25) is 19.4 Å². The fourth-order valence-corrected chi connectivity index (χ4v) is 7.93. The second-order valence-corrected chi connectivity index (χ2v) is 14.2. The number of likely N-dealkylation sites (tertiary alicyclic amines) is 2. The maximum atomic E-state index is 13.9. The Morgan fingerprint density at radius 2 is 1.90 bits per heavy atom. The van der Waals surface area contributed by atoms with E-state index in [1.807, 2.05) is 27.0 Å². The smallest absolute Gasteiger partial charge is 0.415 e. The zero-order valence-electron chi connectivity index (χ0n) is 31.0. The number of aliphatic imine (C=N–C) groups is 1. The molecular weight excluding hydrogens is 672 g/mol. The highest BCUT2D eigenvalue weighted by Crippen LogP contribution is 2.57. The van der Waals surface area contributed by atoms with Crippen LogP contribution >= 0.6 is 0 Å². The molecule has 0 radical (unpaired) electrons. The van der Waals surface area contributed by atoms with E-state index in [1.165, 1.54) is 14.0 Å². The van der Waals surface area contributed by atoms with Crippen molar-refractivity contribution < 1.29 is 38.9 Å². The van der Waals surface area contributed by atoms with Crippen LogP contribution in [0.2, 0.25) is 0 Å². The number of phenolic OH excluding ortho intramolecular Hbond substituents is 1. The molecule has 0 bridgehead atoms. The average molecular weight is 729 g/mol. The molecule has 9 N–H and O–H groups in total. The van der Waals surface area contributed by atoms with Crippen molar-refractivity contribution in [1.29, 1.82) is 0 Å². The van der Waals surface area contributed by atoms with Crippen LogP contribution < -0.4 is 32.2 Å². The van der Waals surface area contributed by atoms with Crippen LogP contribution in [-0.4, -0.2) is 120 Å². The number of ether oxygens (including phenoxy) is 2. The molecule has 2 saturated heterocycles. The zero-order valence-corrected chi connectivity index (χ0v) is 31.0. The molecule has 4 rings (SSSR count). The van der Waals surface area contributed by atoms with E-state index in [0.717, 1.165) is 18.4 Å². The Labute approximate surface area is 305 Å². The lowest BCUT2D eigenvalue weighted by atomic mass is 9.54. The molecule has 0 spiro atoms. The Kier molecular flexibility index (Phi) is 13.4. The van der Waals surface area contributed by atoms with Crippen molar-refractivity contribution in [2.24, 2.45) is 16.5 Å². The molecule has 2 fully saturated rings. The molecule has 2 aliphatic heterocycles. The van der Waals surface area contributed by atoms with Gasteiger partial charge in [-0.25, -0.2) is 4.79 Å². The summed E-state index contributed by atoms with van der Waals surface area (Å²) < 4.78 is 11.6. The van der Waals surface area contributed by atoms with E-state index in [-0.39, 0.29) is 68.6 Å². The Hall–Kier alpha value is -4.57. The molecular formula is C36H56N8O8. The van der Waals surface area contributed by atoms with E-state index in [1.54, 1.807) is 17.0 Å². The Morgan fingerprint density at radius 1 is 1.15 bits per heavy atom. The number of amides is 4. The number of nitrogens with one attached hydrogen (secondary N) is 3. The number of hydrogen-bond acceptors (Lipinski definition) is 10. The van der Waals surface area contributed by atoms with Crippen molar-refractivity contribution in [3.63, 3.8) is 0 Å². The van der Waals surface area contributed by atoms with E-state index >= 15 is 0 Å². The third-order valence-corrected chi connectivity index (χ3v) is 10.9. The molecule has 16 nitrogen and oxygen atoms in total. The summed E-state index contributed by atoms with van der Waals surface area (Å²) in [6.45, 7) is 6.34. The minimum absolute atomic E-state index is 0.0297. The topological polar surface area (TPSA) is 234 Å². The summed E-state index contributed by atoms with van der Waals surface area (Å²) in [6, 6.07) is 2.01. The number of aryl methyl sites for hydroxylation is 1. The number of phenols is 1. The third kappa shape index (κ3) is 8.89. The number of piperidine rings is 2. The summed E-state index contributed by atoms with van der Waals surface area (Å²) in [5.41, 5.74) is 9.96. The monoisotopic (exact) mass is 728 g/mol. The summed E-state index contributed by atoms with van der Waals surface area (Å²) >= 11 is 0. The van der Waals surface area contributed by atoms with Crippen LogP contribution in [0, 0.1) is 6.92 Å². The lowest BCUT2D eigenvalue weighted by Crippen LogP contribution is -2.68. The van der Waals surface area contributed by atoms with Crippen LogP contribution in [-0.2, 0) is 24.5 Å². The van der Waals surface area contributed by atoms with Crippen LogP contribution in [0.15, 0.2) is 29.0 Å². The van der Waals surface area contributed by atoms with E-state index in [9.17, 15) is 29.4 Å². The highest BCUT2D eigenvalue weighted by molar-refractivity contribution is 5.89. The zero-order chi connectivity index (χ0) is 38.2. The summed E-state index contributed by atoms with van der Waals surface area (Å²) in [4.78, 5) is 58.7. The van der Waals surface area contributed by atoms with E-state index < -0.39 is 35.0 Å². The first kappa shape index (κ1) is 40.2. The van der Waals surface area contributed by atoms with Crippen LogP contribution in [0.1, 0.15) is 76.3 Å². The quantitative estimate of drug-likeness (QED) is 0.0855. The number of aliphatic hydroxyl groups is 1. The number of fused-ring (bicyclic) bond motifs is 1. The fourth-order valence-electron chi connectivity index (χ4n) is 7.93. The summed E-state index contributed by atoms with van der Waals surface area (Å²) in [5.74, 6) is -0.745. The minimum Gasteiger partial charge on any atom is -0.504 e. The summed E-state index contributed by atoms with van der Waals surface area (Å²) in [6.07, 6.45) is 4.99. The lowest BCUT2D eigenvalue weighted by molar-refractivity contribution is -0.134. The molecule has 1 aromatic carbocycles. The molecule has 1 aliphatic carbocycles. The van der Waals surface area contributed by atoms with Crippen molar-refractivity contribution in [3.05, 3.63) is 35.1 Å². The highest BCUT2D eigenvalue weighted by atomic mass is 16.6. The molecule has 3 aliphatic rings. The van der Waals surface area contributed by atoms with Crippen molar-refractivity contribution >= 4 is 29.8 Å². The number of nitrogens with two attached hydrogens (primary N) is 2. The third-order valence-electron chi connectivity index (χ3n) is 10.9. The van der Waals surface area contributed by atoms with Crippen molar-refractivity contribution in [1.82, 2.24) is 25.8 Å². The van der Waals surface area contributed by atoms with Crippen LogP contribution in [0.5, 0.6) is 11.5 Å². The molecule has 0 saturated carbocycles. The largest absolute Gasteiger partial charge is 0.504 e. The lowest BCUT2D eigenvalue weighted by Gasteiger charge is -2.59. The minimum atomic E-state index is -1.28. The molecule has 16 heteroatoms. The van der Waals surface area contributed by atoms with Crippen molar-refractivity contribution in [3.8, 4) is 11.5 Å². The molecule has 2 heterocycles. The van der Waals surface area contributed by atoms with E-state index in [0.29, 0.717) is 49.4 Å². The van der Waals surface area contributed by atoms with Gasteiger partial charge in [0, 0.05) is 56.4 Å². The number of carbonyl (C=O) groups excluding carboxylic acids is 4. The van der Waals surface area contributed by atoms with Gasteiger partial charge in [0.05, 0.1) is 25.3 Å². The van der Waals surface area contributed by atoms with E-state index in [2.05, 4.69) is 25.8 Å². The van der Waals surface area contributed by atoms with Gasteiger partial charge in [-0.2, -0.15) is 0 Å². The van der Waals surface area contributed by atoms with Gasteiger partial charge in [-0.1, -0.05) is 6.07 Å². The van der Waals surface area contributed by atoms with Gasteiger partial charge in [-0.15, -0.1) is 0 Å². The number of methoxy groups -OCH3 is 1. The van der Waals surface area contributed by atoms with Crippen LogP contribution in [0.3, 0.4) is 0 Å². The number of nitrogens with zero attached hydrogens (tertiary/aromatic N) is 3. The number of allylic oxidation sites excluding steroid dienone is 1. The average Bonchev–Trinajstić information content (AvgIpc) is 3.10. The van der Waals surface area contributed by atoms with Crippen molar-refractivity contribution in [2.45, 2.75) is 101 Å². The Balaban J connectivity index is 1.50. The number of rotatable bonds is 13. The number of carbonyl (C=O) groups is 4. The molecule has 4 amide bonds. The summed E-state index contributed by atoms with van der Waals surface area (Å²) in [7, 11) is 3.45. The first-order valence-corrected chi connectivity index (χ1v) is 18.0. The number of benzene rings is 1. The molecule has 5 unspecified atom stereocenters. The number of aromatic hydroxyl groups is 1. The van der Waals surface area contributed by atoms with Gasteiger partial charge < -0.3 is 56.9 Å². The first-order chi connectivity index (χ1) is 24.6. The molecule has 5 atom stereocenters. The predicted molar refractivity (Wildman–Crippen MR) is 194 cm³/mol. The van der Waals surface area contributed by atoms with Gasteiger partial charge in [-0.05, 0) is 83.7 Å². The van der Waals surface area contributed by atoms with Crippen LogP contribution in [0.25, 0.3) is 0 Å². The van der Waals surface area contributed by atoms with Crippen molar-refractivity contribution in [2.75, 3.05) is 46.9 Å². The molecule has 0 aromatic heterocycles. The number of likely N-dealkylation sites (N-methyl/N-ethyl adjacent to an activating group) is 1. The second-order valence-electron chi connectivity index (χ2n) is 14.2. The van der Waals surface area contributed by atoms with Crippen LogP contribution in [0.4, 0.5) is 4.79 Å². The Bertz CT molecular complexity index is 1550. The fraction of sp³-hybridized carbons (Fsp3) is 0.639. The van der Waals surface area contributed by atoms with E-state index in [4.69, 9.17) is 20.9 Å². The standard InChI is InChI=1S/C36H56N8O8/c1-22-11-12-28(51-5)31(47)30(22)35-15-18-43(4)23(2)36(35,50)14-13-26(19-35)52-34(49)44-17-7-6-9-25(44)20-41-32(48)27(10-8-16-39-33(37)38)42-29(46)21-40-24(3)45/h11-13,23,25,27,47,50H,6-10,14-21H2,1-5H3,(H,40,45)(H,41,48)(H,42,46)(H4,37,38,39). The van der Waals surface area contributed by atoms with Gasteiger partial charge in [0.15, 0.2) is 17.5 Å². The van der Waals surface area contributed by atoms with Gasteiger partial charge in [0.1, 0.15) is 11.8 Å². The number of guanidine groups is 1. The van der Waals surface area contributed by atoms with Gasteiger partial charge >= 0.3 is 6.09 Å². The maximum absolute atomic E-state index is 13.9. The second kappa shape index (κ2) is 17.3. The molecule has 52 heavy (non-hydrogen) atoms. The SMILES string of the molecule is COc1ccc(C)c(C23CCN(C)C(C)C2(O)CC=C(OC(=O)N2CCCCC2CNC(=O)C(CCCN=C(N)N)NC(=O)CNC(C)=O)C3)c1O. The number of hydrogen-bond donors (Lipinski definition) is 7. The highest BCUT2D eigenvalue weighted by Gasteiger charge is 2.61. The Morgan fingerprint density at radius 3 is 2.60 bits per heavy atom. The molecule has 1 aromatic rings. The van der Waals surface area contributed by atoms with Gasteiger partial charge in [0.25, 0.3) is 0 Å². The predicted octanol–water partition coefficient (Wildman–Crippen LogP) is 0.862. The summed E-state index contributed by atoms with van der Waals surface area (Å²) in [5, 5.41) is 31.9.